The molecule has 0 aliphatic rings. The van der Waals surface area contributed by atoms with E-state index in [0.717, 1.165) is 4.57 Å². The number of rotatable bonds is 1. The Morgan fingerprint density at radius 1 is 1.06 bits per heavy atom. The summed E-state index contributed by atoms with van der Waals surface area (Å²) in [5.74, 6) is -0.141. The van der Waals surface area contributed by atoms with Gasteiger partial charge in [0.05, 0.1) is 11.1 Å². The van der Waals surface area contributed by atoms with Gasteiger partial charge in [-0.15, -0.1) is 0 Å². The highest BCUT2D eigenvalue weighted by molar-refractivity contribution is 5.97. The van der Waals surface area contributed by atoms with Crippen LogP contribution >= 0.6 is 0 Å². The minimum atomic E-state index is -0.404. The Labute approximate surface area is 96.7 Å². The SMILES string of the molecule is CC(=O)c1cc2c(=O)n(C)c(=O)n(C)c2n1C. The Kier molecular flexibility index (Phi) is 2.30. The molecule has 6 nitrogen and oxygen atoms in total. The van der Waals surface area contributed by atoms with Crippen molar-refractivity contribution < 1.29 is 4.79 Å². The highest BCUT2D eigenvalue weighted by atomic mass is 16.2. The number of carbonyl (C=O) groups is 1. The molecular weight excluding hydrogens is 222 g/mol. The molecule has 0 aromatic carbocycles. The summed E-state index contributed by atoms with van der Waals surface area (Å²) in [5, 5.41) is 0.377. The number of Topliss-reactive ketones (excluding diaryl/α,β-unsaturated/α-hetero) is 1. The van der Waals surface area contributed by atoms with Crippen molar-refractivity contribution >= 4 is 16.8 Å². The van der Waals surface area contributed by atoms with E-state index in [9.17, 15) is 14.4 Å². The Morgan fingerprint density at radius 3 is 2.18 bits per heavy atom. The van der Waals surface area contributed by atoms with Crippen molar-refractivity contribution in [2.45, 2.75) is 6.92 Å². The number of hydrogen-bond donors (Lipinski definition) is 0. The van der Waals surface area contributed by atoms with Crippen molar-refractivity contribution in [2.24, 2.45) is 21.1 Å². The fourth-order valence-electron chi connectivity index (χ4n) is 2.08. The van der Waals surface area contributed by atoms with Crippen LogP contribution in [0.5, 0.6) is 0 Å². The molecule has 2 aromatic rings. The second-order valence-electron chi connectivity index (χ2n) is 4.09. The summed E-state index contributed by atoms with van der Waals surface area (Å²) >= 11 is 0. The van der Waals surface area contributed by atoms with Crippen molar-refractivity contribution in [2.75, 3.05) is 0 Å². The summed E-state index contributed by atoms with van der Waals surface area (Å²) in [5.41, 5.74) is 0.0894. The van der Waals surface area contributed by atoms with Gasteiger partial charge in [0, 0.05) is 28.1 Å². The second kappa shape index (κ2) is 3.44. The number of aromatic nitrogens is 3. The van der Waals surface area contributed by atoms with E-state index >= 15 is 0 Å². The lowest BCUT2D eigenvalue weighted by atomic mass is 10.3. The molecule has 0 aliphatic carbocycles. The van der Waals surface area contributed by atoms with Gasteiger partial charge in [-0.25, -0.2) is 4.79 Å². The van der Waals surface area contributed by atoms with Crippen molar-refractivity contribution in [3.05, 3.63) is 32.6 Å². The van der Waals surface area contributed by atoms with Gasteiger partial charge in [-0.1, -0.05) is 0 Å². The number of hydrogen-bond acceptors (Lipinski definition) is 3. The number of aryl methyl sites for hydroxylation is 2. The quantitative estimate of drug-likeness (QED) is 0.642. The maximum atomic E-state index is 11.9. The minimum absolute atomic E-state index is 0.141. The third-order valence-electron chi connectivity index (χ3n) is 2.99. The number of ketones is 1. The van der Waals surface area contributed by atoms with Crippen LogP contribution in [0.3, 0.4) is 0 Å². The van der Waals surface area contributed by atoms with E-state index < -0.39 is 5.69 Å². The summed E-state index contributed by atoms with van der Waals surface area (Å²) < 4.78 is 3.97. The van der Waals surface area contributed by atoms with E-state index in [1.807, 2.05) is 0 Å². The van der Waals surface area contributed by atoms with Crippen LogP contribution in [-0.4, -0.2) is 19.5 Å². The van der Waals surface area contributed by atoms with Crippen LogP contribution in [0.4, 0.5) is 0 Å². The molecule has 17 heavy (non-hydrogen) atoms. The Morgan fingerprint density at radius 2 is 1.65 bits per heavy atom. The summed E-state index contributed by atoms with van der Waals surface area (Å²) in [7, 11) is 4.66. The molecule has 2 heterocycles. The zero-order chi connectivity index (χ0) is 12.9. The molecule has 0 unspecified atom stereocenters. The highest BCUT2D eigenvalue weighted by Crippen LogP contribution is 2.13. The molecule has 0 bridgehead atoms. The average Bonchev–Trinajstić information content (AvgIpc) is 2.62. The summed E-state index contributed by atoms with van der Waals surface area (Å²) in [6.07, 6.45) is 0. The van der Waals surface area contributed by atoms with E-state index in [-0.39, 0.29) is 11.3 Å². The lowest BCUT2D eigenvalue weighted by Crippen LogP contribution is -2.37. The van der Waals surface area contributed by atoms with Crippen molar-refractivity contribution in [1.82, 2.24) is 13.7 Å². The molecule has 2 aromatic heterocycles. The van der Waals surface area contributed by atoms with Crippen molar-refractivity contribution in [3.63, 3.8) is 0 Å². The lowest BCUT2D eigenvalue weighted by molar-refractivity contribution is 0.101. The van der Waals surface area contributed by atoms with Crippen LogP contribution in [0.1, 0.15) is 17.4 Å². The average molecular weight is 235 g/mol. The van der Waals surface area contributed by atoms with E-state index in [4.69, 9.17) is 0 Å². The van der Waals surface area contributed by atoms with E-state index in [1.165, 1.54) is 24.6 Å². The van der Waals surface area contributed by atoms with E-state index in [0.29, 0.717) is 16.7 Å². The van der Waals surface area contributed by atoms with Crippen molar-refractivity contribution in [1.29, 1.82) is 0 Å². The fraction of sp³-hybridized carbons (Fsp3) is 0.364. The van der Waals surface area contributed by atoms with Gasteiger partial charge in [-0.05, 0) is 6.07 Å². The maximum absolute atomic E-state index is 11.9. The number of nitrogens with zero attached hydrogens (tertiary/aromatic N) is 3. The Hall–Kier alpha value is -2.11. The smallest absolute Gasteiger partial charge is 0.327 e. The molecule has 0 saturated heterocycles. The monoisotopic (exact) mass is 235 g/mol. The van der Waals surface area contributed by atoms with Gasteiger partial charge in [0.15, 0.2) is 5.78 Å². The Balaban J connectivity index is 3.14. The van der Waals surface area contributed by atoms with Crippen LogP contribution < -0.4 is 11.2 Å². The second-order valence-corrected chi connectivity index (χ2v) is 4.09. The van der Waals surface area contributed by atoms with Crippen molar-refractivity contribution in [3.8, 4) is 0 Å². The van der Waals surface area contributed by atoms with Gasteiger partial charge >= 0.3 is 5.69 Å². The topological polar surface area (TPSA) is 66.0 Å². The van der Waals surface area contributed by atoms with Gasteiger partial charge < -0.3 is 4.57 Å². The number of fused-ring (bicyclic) bond motifs is 1. The van der Waals surface area contributed by atoms with Gasteiger partial charge in [0.1, 0.15) is 5.65 Å². The van der Waals surface area contributed by atoms with Gasteiger partial charge in [0.25, 0.3) is 5.56 Å². The molecule has 0 aliphatic heterocycles. The number of carbonyl (C=O) groups excluding carboxylic acids is 1. The third kappa shape index (κ3) is 1.37. The predicted molar refractivity (Wildman–Crippen MR) is 63.4 cm³/mol. The molecule has 0 radical (unpaired) electrons. The van der Waals surface area contributed by atoms with Crippen LogP contribution in [0, 0.1) is 0 Å². The fourth-order valence-corrected chi connectivity index (χ4v) is 2.08. The molecule has 0 fully saturated rings. The molecule has 0 saturated carbocycles. The first-order chi connectivity index (χ1) is 7.86. The largest absolute Gasteiger partial charge is 0.332 e. The first-order valence-electron chi connectivity index (χ1n) is 5.12. The highest BCUT2D eigenvalue weighted by Gasteiger charge is 2.16. The molecular formula is C11H13N3O3. The summed E-state index contributed by atoms with van der Waals surface area (Å²) in [6.45, 7) is 1.43. The standard InChI is InChI=1S/C11H13N3O3/c1-6(15)8-5-7-9(12(8)2)13(3)11(17)14(4)10(7)16/h5H,1-4H3. The molecule has 2 rings (SSSR count). The maximum Gasteiger partial charge on any atom is 0.332 e. The minimum Gasteiger partial charge on any atom is -0.327 e. The van der Waals surface area contributed by atoms with Crippen LogP contribution in [0.15, 0.2) is 15.7 Å². The third-order valence-corrected chi connectivity index (χ3v) is 2.99. The zero-order valence-corrected chi connectivity index (χ0v) is 10.1. The zero-order valence-electron chi connectivity index (χ0n) is 10.1. The van der Waals surface area contributed by atoms with Crippen LogP contribution in [0.2, 0.25) is 0 Å². The molecule has 0 spiro atoms. The predicted octanol–water partition coefficient (Wildman–Crippen LogP) is -0.222. The van der Waals surface area contributed by atoms with E-state index in [2.05, 4.69) is 0 Å². The lowest BCUT2D eigenvalue weighted by Gasteiger charge is -2.06. The Bertz CT molecular complexity index is 746. The summed E-state index contributed by atoms with van der Waals surface area (Å²) in [4.78, 5) is 35.1. The molecule has 0 atom stereocenters. The summed E-state index contributed by atoms with van der Waals surface area (Å²) in [6, 6.07) is 1.53. The first-order valence-corrected chi connectivity index (χ1v) is 5.12. The molecule has 6 heteroatoms. The molecule has 0 N–H and O–H groups in total. The van der Waals surface area contributed by atoms with E-state index in [1.54, 1.807) is 18.7 Å². The van der Waals surface area contributed by atoms with Gasteiger partial charge in [-0.2, -0.15) is 0 Å². The molecule has 0 amide bonds. The van der Waals surface area contributed by atoms with Gasteiger partial charge in [-0.3, -0.25) is 18.7 Å². The molecule has 90 valence electrons. The van der Waals surface area contributed by atoms with Gasteiger partial charge in [0.2, 0.25) is 0 Å². The normalized spacial score (nSPS) is 11.1. The van der Waals surface area contributed by atoms with Crippen LogP contribution in [-0.2, 0) is 21.1 Å². The first kappa shape index (κ1) is 11.4. The van der Waals surface area contributed by atoms with Crippen LogP contribution in [0.25, 0.3) is 11.0 Å².